The summed E-state index contributed by atoms with van der Waals surface area (Å²) in [5.74, 6) is -0.484. The van der Waals surface area contributed by atoms with Crippen molar-refractivity contribution in [3.8, 4) is 6.07 Å². The van der Waals surface area contributed by atoms with E-state index in [-0.39, 0.29) is 18.2 Å². The number of carbonyl (C=O) groups is 2. The van der Waals surface area contributed by atoms with Crippen molar-refractivity contribution in [3.05, 3.63) is 66.4 Å². The maximum atomic E-state index is 12.9. The van der Waals surface area contributed by atoms with Crippen LogP contribution in [-0.4, -0.2) is 35.1 Å². The molecule has 0 aliphatic heterocycles. The van der Waals surface area contributed by atoms with Crippen LogP contribution in [0.25, 0.3) is 17.0 Å². The number of anilines is 1. The first-order valence-corrected chi connectivity index (χ1v) is 9.30. The first-order valence-electron chi connectivity index (χ1n) is 9.30. The molecule has 1 aromatic heterocycles. The minimum atomic E-state index is -0.310. The van der Waals surface area contributed by atoms with Gasteiger partial charge < -0.3 is 10.2 Å². The third kappa shape index (κ3) is 5.30. The summed E-state index contributed by atoms with van der Waals surface area (Å²) in [4.78, 5) is 25.9. The highest BCUT2D eigenvalue weighted by atomic mass is 16.2. The number of H-pyrrole nitrogens is 1. The predicted octanol–water partition coefficient (Wildman–Crippen LogP) is 3.03. The van der Waals surface area contributed by atoms with Gasteiger partial charge in [-0.1, -0.05) is 36.4 Å². The number of hydrogen-bond donors (Lipinski definition) is 2. The van der Waals surface area contributed by atoms with Crippen LogP contribution in [0.2, 0.25) is 0 Å². The Morgan fingerprint density at radius 1 is 1.14 bits per heavy atom. The summed E-state index contributed by atoms with van der Waals surface area (Å²) in [6, 6.07) is 18.9. The zero-order valence-electron chi connectivity index (χ0n) is 15.8. The minimum Gasteiger partial charge on any atom is -0.355 e. The molecule has 0 spiro atoms. The molecule has 1 heterocycles. The normalized spacial score (nSPS) is 10.7. The molecule has 0 fully saturated rings. The lowest BCUT2D eigenvalue weighted by molar-refractivity contribution is -0.120. The minimum absolute atomic E-state index is 0.165. The number of nitrogens with zero attached hydrogens (tertiary/aromatic N) is 3. The van der Waals surface area contributed by atoms with Gasteiger partial charge in [0.1, 0.15) is 6.42 Å². The SMILES string of the molecule is N#CCC(=O)NCCCN(C(=O)C=Cc1n[nH]c2ccccc12)c1ccccc1. The summed E-state index contributed by atoms with van der Waals surface area (Å²) in [6.45, 7) is 0.826. The van der Waals surface area contributed by atoms with Crippen molar-refractivity contribution in [1.29, 1.82) is 5.26 Å². The molecule has 0 atom stereocenters. The lowest BCUT2D eigenvalue weighted by Gasteiger charge is -2.21. The second-order valence-corrected chi connectivity index (χ2v) is 6.35. The summed E-state index contributed by atoms with van der Waals surface area (Å²) < 4.78 is 0. The molecule has 3 rings (SSSR count). The molecule has 29 heavy (non-hydrogen) atoms. The molecule has 7 nitrogen and oxygen atoms in total. The van der Waals surface area contributed by atoms with E-state index in [2.05, 4.69) is 15.5 Å². The van der Waals surface area contributed by atoms with Crippen molar-refractivity contribution in [2.75, 3.05) is 18.0 Å². The summed E-state index contributed by atoms with van der Waals surface area (Å²) in [7, 11) is 0. The van der Waals surface area contributed by atoms with Crippen molar-refractivity contribution >= 4 is 34.5 Å². The van der Waals surface area contributed by atoms with E-state index < -0.39 is 0 Å². The van der Waals surface area contributed by atoms with Gasteiger partial charge in [-0.2, -0.15) is 10.4 Å². The maximum Gasteiger partial charge on any atom is 0.251 e. The Hall–Kier alpha value is -3.92. The van der Waals surface area contributed by atoms with E-state index in [4.69, 9.17) is 5.26 Å². The Bertz CT molecular complexity index is 1050. The van der Waals surface area contributed by atoms with Crippen molar-refractivity contribution in [2.45, 2.75) is 12.8 Å². The quantitative estimate of drug-likeness (QED) is 0.458. The Kier molecular flexibility index (Phi) is 6.74. The van der Waals surface area contributed by atoms with Crippen molar-refractivity contribution in [3.63, 3.8) is 0 Å². The van der Waals surface area contributed by atoms with Crippen LogP contribution in [0.4, 0.5) is 5.69 Å². The molecule has 2 amide bonds. The molecular weight excluding hydrogens is 366 g/mol. The summed E-state index contributed by atoms with van der Waals surface area (Å²) >= 11 is 0. The molecule has 0 radical (unpaired) electrons. The number of aromatic nitrogens is 2. The second kappa shape index (κ2) is 9.85. The first-order chi connectivity index (χ1) is 14.2. The number of nitriles is 1. The van der Waals surface area contributed by atoms with Crippen LogP contribution >= 0.6 is 0 Å². The number of benzene rings is 2. The molecule has 7 heteroatoms. The zero-order chi connectivity index (χ0) is 20.5. The van der Waals surface area contributed by atoms with Gasteiger partial charge in [0.25, 0.3) is 5.91 Å². The van der Waals surface area contributed by atoms with Crippen LogP contribution in [0.5, 0.6) is 0 Å². The second-order valence-electron chi connectivity index (χ2n) is 6.35. The van der Waals surface area contributed by atoms with Crippen molar-refractivity contribution < 1.29 is 9.59 Å². The average Bonchev–Trinajstić information content (AvgIpc) is 3.16. The van der Waals surface area contributed by atoms with Gasteiger partial charge in [0, 0.05) is 30.2 Å². The van der Waals surface area contributed by atoms with E-state index >= 15 is 0 Å². The molecule has 0 bridgehead atoms. The summed E-state index contributed by atoms with van der Waals surface area (Å²) in [6.07, 6.45) is 3.61. The highest BCUT2D eigenvalue weighted by Crippen LogP contribution is 2.18. The third-order valence-electron chi connectivity index (χ3n) is 4.34. The van der Waals surface area contributed by atoms with Gasteiger partial charge in [0.05, 0.1) is 17.3 Å². The van der Waals surface area contributed by atoms with E-state index in [0.29, 0.717) is 25.2 Å². The van der Waals surface area contributed by atoms with Crippen LogP contribution in [0, 0.1) is 11.3 Å². The molecular formula is C22H21N5O2. The molecule has 0 aliphatic rings. The van der Waals surface area contributed by atoms with E-state index in [0.717, 1.165) is 16.6 Å². The van der Waals surface area contributed by atoms with Crippen LogP contribution in [0.15, 0.2) is 60.7 Å². The van der Waals surface area contributed by atoms with Gasteiger partial charge in [-0.25, -0.2) is 0 Å². The first kappa shape index (κ1) is 19.8. The molecule has 0 saturated carbocycles. The van der Waals surface area contributed by atoms with Gasteiger partial charge in [-0.15, -0.1) is 0 Å². The van der Waals surface area contributed by atoms with E-state index in [1.165, 1.54) is 6.08 Å². The number of hydrogen-bond acceptors (Lipinski definition) is 4. The standard InChI is InChI=1S/C22H21N5O2/c23-14-13-21(28)24-15-6-16-27(17-7-2-1-3-8-17)22(29)12-11-20-18-9-4-5-10-19(18)25-26-20/h1-5,7-12H,6,13,15-16H2,(H,24,28)(H,25,26). The van der Waals surface area contributed by atoms with Crippen molar-refractivity contribution in [1.82, 2.24) is 15.5 Å². The van der Waals surface area contributed by atoms with E-state index in [1.54, 1.807) is 11.0 Å². The lowest BCUT2D eigenvalue weighted by Crippen LogP contribution is -2.33. The summed E-state index contributed by atoms with van der Waals surface area (Å²) in [5, 5.41) is 19.3. The van der Waals surface area contributed by atoms with Gasteiger partial charge in [-0.05, 0) is 30.7 Å². The highest BCUT2D eigenvalue weighted by Gasteiger charge is 2.13. The maximum absolute atomic E-state index is 12.9. The number of rotatable bonds is 8. The molecule has 2 N–H and O–H groups in total. The topological polar surface area (TPSA) is 102 Å². The van der Waals surface area contributed by atoms with E-state index in [1.807, 2.05) is 60.7 Å². The number of nitrogens with one attached hydrogen (secondary N) is 2. The van der Waals surface area contributed by atoms with Gasteiger partial charge in [0.2, 0.25) is 5.91 Å². The van der Waals surface area contributed by atoms with Crippen LogP contribution in [0.1, 0.15) is 18.5 Å². The van der Waals surface area contributed by atoms with Gasteiger partial charge >= 0.3 is 0 Å². The highest BCUT2D eigenvalue weighted by molar-refractivity contribution is 6.04. The zero-order valence-corrected chi connectivity index (χ0v) is 15.8. The lowest BCUT2D eigenvalue weighted by atomic mass is 10.2. The molecule has 2 aromatic carbocycles. The van der Waals surface area contributed by atoms with Gasteiger partial charge in [-0.3, -0.25) is 14.7 Å². The third-order valence-corrected chi connectivity index (χ3v) is 4.34. The molecule has 0 aliphatic carbocycles. The number of aromatic amines is 1. The molecule has 146 valence electrons. The largest absolute Gasteiger partial charge is 0.355 e. The Morgan fingerprint density at radius 3 is 2.69 bits per heavy atom. The van der Waals surface area contributed by atoms with Crippen molar-refractivity contribution in [2.24, 2.45) is 0 Å². The average molecular weight is 387 g/mol. The van der Waals surface area contributed by atoms with E-state index in [9.17, 15) is 9.59 Å². The molecule has 3 aromatic rings. The number of carbonyl (C=O) groups excluding carboxylic acids is 2. The Balaban J connectivity index is 1.69. The fourth-order valence-electron chi connectivity index (χ4n) is 2.93. The molecule has 0 unspecified atom stereocenters. The van der Waals surface area contributed by atoms with Crippen LogP contribution in [-0.2, 0) is 9.59 Å². The monoisotopic (exact) mass is 387 g/mol. The fourth-order valence-corrected chi connectivity index (χ4v) is 2.93. The number of para-hydroxylation sites is 2. The Morgan fingerprint density at radius 2 is 1.90 bits per heavy atom. The number of fused-ring (bicyclic) bond motifs is 1. The number of amides is 2. The summed E-state index contributed by atoms with van der Waals surface area (Å²) in [5.41, 5.74) is 2.38. The molecule has 0 saturated heterocycles. The smallest absolute Gasteiger partial charge is 0.251 e. The van der Waals surface area contributed by atoms with Gasteiger partial charge in [0.15, 0.2) is 0 Å². The van der Waals surface area contributed by atoms with Crippen LogP contribution in [0.3, 0.4) is 0 Å². The fraction of sp³-hybridized carbons (Fsp3) is 0.182. The predicted molar refractivity (Wildman–Crippen MR) is 112 cm³/mol. The Labute approximate surface area is 168 Å². The van der Waals surface area contributed by atoms with Crippen LogP contribution < -0.4 is 10.2 Å².